The first kappa shape index (κ1) is 14.2. The van der Waals surface area contributed by atoms with Gasteiger partial charge in [-0.3, -0.25) is 0 Å². The molecule has 0 aliphatic carbocycles. The maximum Gasteiger partial charge on any atom is 0.126 e. The predicted molar refractivity (Wildman–Crippen MR) is 69.3 cm³/mol. The Balaban J connectivity index is 2.99. The monoisotopic (exact) mass is 238 g/mol. The minimum Gasteiger partial charge on any atom is -0.385 e. The molecule has 0 spiro atoms. The summed E-state index contributed by atoms with van der Waals surface area (Å²) < 4.78 is 13.5. The highest BCUT2D eigenvalue weighted by Gasteiger charge is 2.31. The molecule has 1 N–H and O–H groups in total. The highest BCUT2D eigenvalue weighted by atomic mass is 19.1. The van der Waals surface area contributed by atoms with Gasteiger partial charge in [0.05, 0.1) is 5.60 Å². The molecule has 0 amide bonds. The van der Waals surface area contributed by atoms with E-state index in [2.05, 4.69) is 13.8 Å². The van der Waals surface area contributed by atoms with Crippen LogP contribution in [0.3, 0.4) is 0 Å². The zero-order valence-electron chi connectivity index (χ0n) is 11.4. The standard InChI is InChI=1S/C15H23FO/c1-10(2)8-12(4)15(5,17)13-7-6-11(3)14(16)9-13/h6-7,9-10,12,17H,8H2,1-5H3. The molecule has 0 heterocycles. The van der Waals surface area contributed by atoms with Crippen LogP contribution in [-0.2, 0) is 5.60 Å². The largest absolute Gasteiger partial charge is 0.385 e. The summed E-state index contributed by atoms with van der Waals surface area (Å²) in [5.41, 5.74) is 0.300. The molecule has 17 heavy (non-hydrogen) atoms. The fourth-order valence-corrected chi connectivity index (χ4v) is 2.13. The van der Waals surface area contributed by atoms with Gasteiger partial charge in [-0.1, -0.05) is 32.9 Å². The van der Waals surface area contributed by atoms with E-state index in [0.717, 1.165) is 6.42 Å². The minimum absolute atomic E-state index is 0.101. The quantitative estimate of drug-likeness (QED) is 0.840. The summed E-state index contributed by atoms with van der Waals surface area (Å²) in [5.74, 6) is 0.371. The zero-order chi connectivity index (χ0) is 13.2. The molecule has 0 fully saturated rings. The molecule has 0 bridgehead atoms. The van der Waals surface area contributed by atoms with Crippen molar-refractivity contribution in [3.8, 4) is 0 Å². The fourth-order valence-electron chi connectivity index (χ4n) is 2.13. The number of hydrogen-bond donors (Lipinski definition) is 1. The first-order valence-electron chi connectivity index (χ1n) is 6.24. The molecule has 1 aromatic rings. The Bertz CT molecular complexity index is 383. The second kappa shape index (κ2) is 5.18. The molecule has 1 rings (SSSR count). The third-order valence-electron chi connectivity index (χ3n) is 3.54. The molecule has 0 radical (unpaired) electrons. The van der Waals surface area contributed by atoms with Gasteiger partial charge >= 0.3 is 0 Å². The summed E-state index contributed by atoms with van der Waals surface area (Å²) in [6, 6.07) is 4.99. The van der Waals surface area contributed by atoms with Crippen molar-refractivity contribution < 1.29 is 9.50 Å². The lowest BCUT2D eigenvalue weighted by Gasteiger charge is -2.32. The topological polar surface area (TPSA) is 20.2 Å². The number of benzene rings is 1. The van der Waals surface area contributed by atoms with Crippen molar-refractivity contribution in [1.82, 2.24) is 0 Å². The van der Waals surface area contributed by atoms with Crippen molar-refractivity contribution >= 4 is 0 Å². The van der Waals surface area contributed by atoms with E-state index < -0.39 is 5.60 Å². The summed E-state index contributed by atoms with van der Waals surface area (Å²) in [5, 5.41) is 10.6. The van der Waals surface area contributed by atoms with Gasteiger partial charge in [0.25, 0.3) is 0 Å². The Hall–Kier alpha value is -0.890. The van der Waals surface area contributed by atoms with Crippen LogP contribution in [-0.4, -0.2) is 5.11 Å². The Morgan fingerprint density at radius 1 is 1.29 bits per heavy atom. The number of hydrogen-bond acceptors (Lipinski definition) is 1. The molecule has 0 aromatic heterocycles. The lowest BCUT2D eigenvalue weighted by Crippen LogP contribution is -2.31. The van der Waals surface area contributed by atoms with E-state index in [-0.39, 0.29) is 11.7 Å². The van der Waals surface area contributed by atoms with Crippen LogP contribution in [0.15, 0.2) is 18.2 Å². The van der Waals surface area contributed by atoms with E-state index >= 15 is 0 Å². The molecular weight excluding hydrogens is 215 g/mol. The van der Waals surface area contributed by atoms with Gasteiger partial charge in [0, 0.05) is 0 Å². The molecule has 2 heteroatoms. The third-order valence-corrected chi connectivity index (χ3v) is 3.54. The maximum absolute atomic E-state index is 13.5. The number of aliphatic hydroxyl groups is 1. The van der Waals surface area contributed by atoms with Crippen LogP contribution in [0.5, 0.6) is 0 Å². The van der Waals surface area contributed by atoms with Crippen LogP contribution in [0.1, 0.15) is 45.2 Å². The average Bonchev–Trinajstić information content (AvgIpc) is 2.20. The van der Waals surface area contributed by atoms with Crippen LogP contribution in [0, 0.1) is 24.6 Å². The van der Waals surface area contributed by atoms with E-state index in [9.17, 15) is 9.50 Å². The molecule has 0 aliphatic heterocycles. The molecule has 1 nitrogen and oxygen atoms in total. The minimum atomic E-state index is -0.973. The Morgan fingerprint density at radius 3 is 2.35 bits per heavy atom. The van der Waals surface area contributed by atoms with Crippen molar-refractivity contribution in [2.75, 3.05) is 0 Å². The lowest BCUT2D eigenvalue weighted by molar-refractivity contribution is -0.00690. The van der Waals surface area contributed by atoms with Crippen molar-refractivity contribution in [3.63, 3.8) is 0 Å². The van der Waals surface area contributed by atoms with E-state index in [0.29, 0.717) is 17.0 Å². The zero-order valence-corrected chi connectivity index (χ0v) is 11.4. The van der Waals surface area contributed by atoms with Crippen molar-refractivity contribution in [1.29, 1.82) is 0 Å². The van der Waals surface area contributed by atoms with E-state index in [1.807, 2.05) is 13.0 Å². The van der Waals surface area contributed by atoms with Crippen LogP contribution >= 0.6 is 0 Å². The van der Waals surface area contributed by atoms with Gasteiger partial charge in [-0.05, 0) is 49.3 Å². The van der Waals surface area contributed by atoms with Gasteiger partial charge in [0.1, 0.15) is 5.82 Å². The van der Waals surface area contributed by atoms with Crippen LogP contribution in [0.4, 0.5) is 4.39 Å². The number of rotatable bonds is 4. The Labute approximate surface area is 104 Å². The van der Waals surface area contributed by atoms with Gasteiger partial charge in [-0.25, -0.2) is 4.39 Å². The number of aryl methyl sites for hydroxylation is 1. The van der Waals surface area contributed by atoms with Gasteiger partial charge in [-0.2, -0.15) is 0 Å². The maximum atomic E-state index is 13.5. The molecule has 1 aromatic carbocycles. The molecule has 0 saturated carbocycles. The van der Waals surface area contributed by atoms with E-state index in [1.54, 1.807) is 19.9 Å². The average molecular weight is 238 g/mol. The second-order valence-electron chi connectivity index (χ2n) is 5.64. The van der Waals surface area contributed by atoms with Crippen molar-refractivity contribution in [2.24, 2.45) is 11.8 Å². The van der Waals surface area contributed by atoms with Gasteiger partial charge in [0.15, 0.2) is 0 Å². The molecule has 2 unspecified atom stereocenters. The Morgan fingerprint density at radius 2 is 1.88 bits per heavy atom. The highest BCUT2D eigenvalue weighted by Crippen LogP contribution is 2.33. The molecular formula is C15H23FO. The SMILES string of the molecule is Cc1ccc(C(C)(O)C(C)CC(C)C)cc1F. The van der Waals surface area contributed by atoms with Crippen molar-refractivity contribution in [2.45, 2.75) is 46.6 Å². The van der Waals surface area contributed by atoms with E-state index in [4.69, 9.17) is 0 Å². The summed E-state index contributed by atoms with van der Waals surface area (Å²) in [7, 11) is 0. The summed E-state index contributed by atoms with van der Waals surface area (Å²) >= 11 is 0. The summed E-state index contributed by atoms with van der Waals surface area (Å²) in [6.07, 6.45) is 0.919. The third kappa shape index (κ3) is 3.29. The predicted octanol–water partition coefficient (Wildman–Crippen LogP) is 4.02. The van der Waals surface area contributed by atoms with Crippen LogP contribution < -0.4 is 0 Å². The first-order chi connectivity index (χ1) is 7.75. The summed E-state index contributed by atoms with van der Waals surface area (Å²) in [4.78, 5) is 0. The fraction of sp³-hybridized carbons (Fsp3) is 0.600. The second-order valence-corrected chi connectivity index (χ2v) is 5.64. The molecule has 0 aliphatic rings. The van der Waals surface area contributed by atoms with Gasteiger partial charge in [0.2, 0.25) is 0 Å². The highest BCUT2D eigenvalue weighted by molar-refractivity contribution is 5.28. The van der Waals surface area contributed by atoms with Gasteiger partial charge < -0.3 is 5.11 Å². The van der Waals surface area contributed by atoms with Crippen LogP contribution in [0.2, 0.25) is 0 Å². The molecule has 0 saturated heterocycles. The normalized spacial score (nSPS) is 16.9. The van der Waals surface area contributed by atoms with Gasteiger partial charge in [-0.15, -0.1) is 0 Å². The molecule has 2 atom stereocenters. The van der Waals surface area contributed by atoms with Crippen molar-refractivity contribution in [3.05, 3.63) is 35.1 Å². The lowest BCUT2D eigenvalue weighted by atomic mass is 9.79. The number of halogens is 1. The smallest absolute Gasteiger partial charge is 0.126 e. The summed E-state index contributed by atoms with van der Waals surface area (Å²) in [6.45, 7) is 9.76. The van der Waals surface area contributed by atoms with E-state index in [1.165, 1.54) is 6.07 Å². The van der Waals surface area contributed by atoms with Crippen LogP contribution in [0.25, 0.3) is 0 Å². The first-order valence-corrected chi connectivity index (χ1v) is 6.24. The molecule has 96 valence electrons. The Kier molecular flexibility index (Phi) is 4.31.